The average molecular weight is 408 g/mol. The van der Waals surface area contributed by atoms with Crippen molar-refractivity contribution >= 4 is 47.1 Å². The molecule has 1 aliphatic rings. The maximum absolute atomic E-state index is 11.3. The van der Waals surface area contributed by atoms with Crippen LogP contribution in [0.15, 0.2) is 57.7 Å². The lowest BCUT2D eigenvalue weighted by Crippen LogP contribution is -2.01. The van der Waals surface area contributed by atoms with Gasteiger partial charge >= 0.3 is 11.9 Å². The molecule has 0 unspecified atom stereocenters. The highest BCUT2D eigenvalue weighted by Crippen LogP contribution is 2.39. The second kappa shape index (κ2) is 8.48. The van der Waals surface area contributed by atoms with Crippen LogP contribution < -0.4 is 0 Å². The Bertz CT molecular complexity index is 997. The van der Waals surface area contributed by atoms with E-state index in [-0.39, 0.29) is 11.8 Å². The van der Waals surface area contributed by atoms with Gasteiger partial charge in [0, 0.05) is 16.7 Å². The van der Waals surface area contributed by atoms with E-state index in [9.17, 15) is 19.5 Å². The highest BCUT2D eigenvalue weighted by atomic mass is 35.5. The van der Waals surface area contributed by atoms with Crippen LogP contribution in [-0.2, 0) is 9.59 Å². The van der Waals surface area contributed by atoms with Crippen LogP contribution in [-0.4, -0.2) is 39.4 Å². The molecule has 0 fully saturated rings. The van der Waals surface area contributed by atoms with Crippen molar-refractivity contribution in [2.45, 2.75) is 0 Å². The summed E-state index contributed by atoms with van der Waals surface area (Å²) in [7, 11) is 0. The Morgan fingerprint density at radius 3 is 2.00 bits per heavy atom. The standard InChI is InChI=1S/C14H9NO3.C4H2Cl2O3/c16-14(17)11-7-3-6-10-12(11)8-4-1-2-5-9(8)13(10)15-18;5-2(1-7)3(6)4(8)9/h1-7,18H,(H,16,17);1H,(H,8,9). The SMILES string of the molecule is O=C(O)c1cccc2c1-c1ccccc1C2=NO.O=CC(Cl)=C(Cl)C(=O)O. The lowest BCUT2D eigenvalue weighted by Gasteiger charge is -2.04. The summed E-state index contributed by atoms with van der Waals surface area (Å²) in [6.07, 6.45) is 0.165. The van der Waals surface area contributed by atoms with Gasteiger partial charge < -0.3 is 15.4 Å². The van der Waals surface area contributed by atoms with E-state index >= 15 is 0 Å². The van der Waals surface area contributed by atoms with E-state index in [0.29, 0.717) is 16.8 Å². The molecule has 2 aromatic rings. The molecule has 0 amide bonds. The molecular formula is C18H11Cl2NO6. The number of hydrogen-bond donors (Lipinski definition) is 3. The molecule has 7 nitrogen and oxygen atoms in total. The molecule has 0 saturated heterocycles. The molecule has 3 N–H and O–H groups in total. The molecule has 27 heavy (non-hydrogen) atoms. The molecule has 2 aromatic carbocycles. The van der Waals surface area contributed by atoms with Crippen molar-refractivity contribution in [3.05, 3.63) is 69.2 Å². The molecule has 138 valence electrons. The fourth-order valence-corrected chi connectivity index (χ4v) is 2.66. The fourth-order valence-electron chi connectivity index (χ4n) is 2.53. The predicted molar refractivity (Wildman–Crippen MR) is 98.7 cm³/mol. The van der Waals surface area contributed by atoms with Crippen molar-refractivity contribution in [2.24, 2.45) is 5.16 Å². The van der Waals surface area contributed by atoms with Gasteiger partial charge in [-0.05, 0) is 11.6 Å². The number of hydrogen-bond acceptors (Lipinski definition) is 5. The zero-order valence-corrected chi connectivity index (χ0v) is 14.9. The van der Waals surface area contributed by atoms with Crippen LogP contribution in [0.2, 0.25) is 0 Å². The summed E-state index contributed by atoms with van der Waals surface area (Å²) in [5.41, 5.74) is 3.45. The second-order valence-corrected chi connectivity index (χ2v) is 5.90. The molecule has 0 bridgehead atoms. The maximum atomic E-state index is 11.3. The molecule has 0 heterocycles. The molecule has 9 heteroatoms. The zero-order chi connectivity index (χ0) is 20.1. The van der Waals surface area contributed by atoms with E-state index in [0.717, 1.165) is 11.1 Å². The third-order valence-corrected chi connectivity index (χ3v) is 4.34. The van der Waals surface area contributed by atoms with Crippen molar-refractivity contribution in [3.8, 4) is 11.1 Å². The molecule has 3 rings (SSSR count). The van der Waals surface area contributed by atoms with Gasteiger partial charge in [0.15, 0.2) is 6.29 Å². The first kappa shape index (κ1) is 20.2. The number of aromatic carboxylic acids is 1. The number of allylic oxidation sites excluding steroid dienone is 1. The Kier molecular flexibility index (Phi) is 6.33. The molecule has 0 atom stereocenters. The quantitative estimate of drug-likeness (QED) is 0.264. The summed E-state index contributed by atoms with van der Waals surface area (Å²) in [6.45, 7) is 0. The zero-order valence-electron chi connectivity index (χ0n) is 13.4. The number of benzene rings is 2. The summed E-state index contributed by atoms with van der Waals surface area (Å²) in [4.78, 5) is 30.8. The lowest BCUT2D eigenvalue weighted by atomic mass is 10.00. The number of fused-ring (bicyclic) bond motifs is 3. The summed E-state index contributed by atoms with van der Waals surface area (Å²) in [5.74, 6) is -2.39. The van der Waals surface area contributed by atoms with E-state index in [4.69, 9.17) is 33.5 Å². The smallest absolute Gasteiger partial charge is 0.348 e. The van der Waals surface area contributed by atoms with E-state index in [1.807, 2.05) is 24.3 Å². The number of rotatable bonds is 3. The van der Waals surface area contributed by atoms with E-state index in [2.05, 4.69) is 5.16 Å². The van der Waals surface area contributed by atoms with Gasteiger partial charge in [-0.1, -0.05) is 64.8 Å². The van der Waals surface area contributed by atoms with Gasteiger partial charge in [-0.25, -0.2) is 9.59 Å². The third kappa shape index (κ3) is 3.99. The van der Waals surface area contributed by atoms with Gasteiger partial charge in [0.05, 0.1) is 5.56 Å². The normalized spacial score (nSPS) is 13.6. The molecule has 1 aliphatic carbocycles. The van der Waals surface area contributed by atoms with Crippen LogP contribution in [0.1, 0.15) is 21.5 Å². The molecular weight excluding hydrogens is 397 g/mol. The highest BCUT2D eigenvalue weighted by molar-refractivity contribution is 6.51. The Labute approximate surface area is 162 Å². The van der Waals surface area contributed by atoms with Crippen LogP contribution in [0.25, 0.3) is 11.1 Å². The molecule has 0 aromatic heterocycles. The van der Waals surface area contributed by atoms with Crippen LogP contribution in [0, 0.1) is 0 Å². The van der Waals surface area contributed by atoms with Crippen LogP contribution >= 0.6 is 23.2 Å². The van der Waals surface area contributed by atoms with Crippen molar-refractivity contribution in [1.29, 1.82) is 0 Å². The highest BCUT2D eigenvalue weighted by Gasteiger charge is 2.28. The molecule has 0 saturated carbocycles. The van der Waals surface area contributed by atoms with Crippen molar-refractivity contribution in [3.63, 3.8) is 0 Å². The number of halogens is 2. The van der Waals surface area contributed by atoms with Crippen molar-refractivity contribution in [2.75, 3.05) is 0 Å². The molecule has 0 spiro atoms. The van der Waals surface area contributed by atoms with E-state index in [1.165, 1.54) is 0 Å². The number of aliphatic carboxylic acids is 1. The summed E-state index contributed by atoms with van der Waals surface area (Å²) in [6, 6.07) is 12.3. The maximum Gasteiger partial charge on any atom is 0.348 e. The first-order chi connectivity index (χ1) is 12.8. The van der Waals surface area contributed by atoms with Crippen molar-refractivity contribution in [1.82, 2.24) is 0 Å². The average Bonchev–Trinajstić information content (AvgIpc) is 3.00. The monoisotopic (exact) mass is 407 g/mol. The minimum absolute atomic E-state index is 0.165. The summed E-state index contributed by atoms with van der Waals surface area (Å²) < 4.78 is 0. The minimum atomic E-state index is -1.41. The van der Waals surface area contributed by atoms with Gasteiger partial charge in [0.1, 0.15) is 15.8 Å². The summed E-state index contributed by atoms with van der Waals surface area (Å²) in [5, 5.41) is 28.5. The lowest BCUT2D eigenvalue weighted by molar-refractivity contribution is -0.132. The fraction of sp³-hybridized carbons (Fsp3) is 0. The Balaban J connectivity index is 0.000000249. The van der Waals surface area contributed by atoms with Gasteiger partial charge in [0.25, 0.3) is 0 Å². The first-order valence-corrected chi connectivity index (χ1v) is 8.01. The number of oxime groups is 1. The van der Waals surface area contributed by atoms with Crippen LogP contribution in [0.4, 0.5) is 0 Å². The number of carbonyl (C=O) groups excluding carboxylic acids is 1. The summed E-state index contributed by atoms with van der Waals surface area (Å²) >= 11 is 9.99. The Hall–Kier alpha value is -3.16. The van der Waals surface area contributed by atoms with Gasteiger partial charge in [-0.2, -0.15) is 0 Å². The predicted octanol–water partition coefficient (Wildman–Crippen LogP) is 3.55. The van der Waals surface area contributed by atoms with Crippen LogP contribution in [0.5, 0.6) is 0 Å². The van der Waals surface area contributed by atoms with Gasteiger partial charge in [0.2, 0.25) is 0 Å². The van der Waals surface area contributed by atoms with E-state index < -0.39 is 22.0 Å². The Morgan fingerprint density at radius 1 is 0.926 bits per heavy atom. The van der Waals surface area contributed by atoms with E-state index in [1.54, 1.807) is 18.2 Å². The largest absolute Gasteiger partial charge is 0.478 e. The number of carbonyl (C=O) groups is 3. The molecule has 0 aliphatic heterocycles. The molecule has 0 radical (unpaired) electrons. The van der Waals surface area contributed by atoms with Gasteiger partial charge in [-0.3, -0.25) is 4.79 Å². The number of carboxylic acid groups (broad SMARTS) is 2. The van der Waals surface area contributed by atoms with Gasteiger partial charge in [-0.15, -0.1) is 0 Å². The topological polar surface area (TPSA) is 124 Å². The second-order valence-electron chi connectivity index (χ2n) is 5.11. The Morgan fingerprint density at radius 2 is 1.52 bits per heavy atom. The third-order valence-electron chi connectivity index (χ3n) is 3.60. The number of carboxylic acids is 2. The number of aldehydes is 1. The first-order valence-electron chi connectivity index (χ1n) is 7.25. The number of nitrogens with zero attached hydrogens (tertiary/aromatic N) is 1. The minimum Gasteiger partial charge on any atom is -0.478 e. The van der Waals surface area contributed by atoms with Crippen molar-refractivity contribution < 1.29 is 29.8 Å². The van der Waals surface area contributed by atoms with Crippen LogP contribution in [0.3, 0.4) is 0 Å².